The lowest BCUT2D eigenvalue weighted by Gasteiger charge is -2.13. The molecule has 1 fully saturated rings. The maximum Gasteiger partial charge on any atom is 0.228 e. The van der Waals surface area contributed by atoms with Crippen molar-refractivity contribution in [2.75, 3.05) is 5.32 Å². The summed E-state index contributed by atoms with van der Waals surface area (Å²) in [6.07, 6.45) is 9.46. The molecule has 1 amide bonds. The zero-order valence-electron chi connectivity index (χ0n) is 13.3. The van der Waals surface area contributed by atoms with Crippen LogP contribution in [0.4, 0.5) is 5.69 Å². The molecule has 0 spiro atoms. The first kappa shape index (κ1) is 14.4. The molecule has 1 aromatic rings. The molecule has 2 nitrogen and oxygen atoms in total. The number of fused-ring (bicyclic) bond motifs is 1. The van der Waals surface area contributed by atoms with Crippen LogP contribution in [0.25, 0.3) is 0 Å². The van der Waals surface area contributed by atoms with Crippen LogP contribution in [0.3, 0.4) is 0 Å². The summed E-state index contributed by atoms with van der Waals surface area (Å²) >= 11 is 0. The summed E-state index contributed by atoms with van der Waals surface area (Å²) in [5.74, 6) is 1.47. The molecular weight excluding hydrogens is 258 g/mol. The van der Waals surface area contributed by atoms with Gasteiger partial charge >= 0.3 is 0 Å². The van der Waals surface area contributed by atoms with Crippen molar-refractivity contribution in [1.29, 1.82) is 0 Å². The maximum absolute atomic E-state index is 12.6. The minimum atomic E-state index is 0.194. The largest absolute Gasteiger partial charge is 0.325 e. The second-order valence-electron chi connectivity index (χ2n) is 6.74. The van der Waals surface area contributed by atoms with Crippen LogP contribution in [0.2, 0.25) is 0 Å². The normalized spacial score (nSPS) is 27.5. The Morgan fingerprint density at radius 2 is 1.86 bits per heavy atom. The van der Waals surface area contributed by atoms with E-state index in [1.165, 1.54) is 31.2 Å². The number of rotatable bonds is 2. The van der Waals surface area contributed by atoms with E-state index in [9.17, 15) is 4.79 Å². The standard InChI is InChI=1S/C19H25NO/c1-12-10-13(2)18(14(3)11-12)20-19(21)17-15-8-6-4-5-7-9-16(15)17/h6,8,10-11,15-17H,4-5,7,9H2,1-3H3,(H,20,21)/t15-,16+,17-/m0/s1. The summed E-state index contributed by atoms with van der Waals surface area (Å²) in [4.78, 5) is 12.6. The van der Waals surface area contributed by atoms with E-state index in [2.05, 4.69) is 50.4 Å². The molecular formula is C19H25NO. The highest BCUT2D eigenvalue weighted by atomic mass is 16.2. The van der Waals surface area contributed by atoms with E-state index in [-0.39, 0.29) is 11.8 Å². The smallest absolute Gasteiger partial charge is 0.228 e. The summed E-state index contributed by atoms with van der Waals surface area (Å²) in [7, 11) is 0. The number of hydrogen-bond donors (Lipinski definition) is 1. The number of allylic oxidation sites excluding steroid dienone is 2. The number of carbonyl (C=O) groups excluding carboxylic acids is 1. The van der Waals surface area contributed by atoms with Crippen LogP contribution in [0.1, 0.15) is 42.4 Å². The Morgan fingerprint density at radius 1 is 1.14 bits per heavy atom. The number of benzene rings is 1. The van der Waals surface area contributed by atoms with Gasteiger partial charge in [-0.25, -0.2) is 0 Å². The molecule has 0 heterocycles. The molecule has 21 heavy (non-hydrogen) atoms. The summed E-state index contributed by atoms with van der Waals surface area (Å²) < 4.78 is 0. The van der Waals surface area contributed by atoms with E-state index in [4.69, 9.17) is 0 Å². The SMILES string of the molecule is Cc1cc(C)c(NC(=O)[C@H]2[C@H]3C=CCCCC[C@H]32)c(C)c1. The van der Waals surface area contributed by atoms with Crippen molar-refractivity contribution in [1.82, 2.24) is 0 Å². The molecule has 0 saturated heterocycles. The Balaban J connectivity index is 1.73. The van der Waals surface area contributed by atoms with Gasteiger partial charge in [0.25, 0.3) is 0 Å². The lowest BCUT2D eigenvalue weighted by Crippen LogP contribution is -2.17. The fourth-order valence-electron chi connectivity index (χ4n) is 3.88. The van der Waals surface area contributed by atoms with Gasteiger partial charge in [-0.15, -0.1) is 0 Å². The van der Waals surface area contributed by atoms with Gasteiger partial charge in [-0.1, -0.05) is 36.3 Å². The van der Waals surface area contributed by atoms with Crippen LogP contribution in [0.5, 0.6) is 0 Å². The Labute approximate surface area is 127 Å². The monoisotopic (exact) mass is 283 g/mol. The van der Waals surface area contributed by atoms with Crippen molar-refractivity contribution >= 4 is 11.6 Å². The highest BCUT2D eigenvalue weighted by molar-refractivity contribution is 5.96. The third kappa shape index (κ3) is 2.90. The number of anilines is 1. The zero-order valence-corrected chi connectivity index (χ0v) is 13.3. The predicted molar refractivity (Wildman–Crippen MR) is 87.4 cm³/mol. The number of carbonyl (C=O) groups is 1. The fraction of sp³-hybridized carbons (Fsp3) is 0.526. The second-order valence-corrected chi connectivity index (χ2v) is 6.74. The van der Waals surface area contributed by atoms with E-state index in [0.29, 0.717) is 11.8 Å². The summed E-state index contributed by atoms with van der Waals surface area (Å²) in [5.41, 5.74) is 4.58. The van der Waals surface area contributed by atoms with Gasteiger partial charge in [0.2, 0.25) is 5.91 Å². The van der Waals surface area contributed by atoms with E-state index in [1.54, 1.807) is 0 Å². The summed E-state index contributed by atoms with van der Waals surface area (Å²) in [6.45, 7) is 6.25. The third-order valence-corrected chi connectivity index (χ3v) is 4.97. The first-order valence-corrected chi connectivity index (χ1v) is 8.13. The fourth-order valence-corrected chi connectivity index (χ4v) is 3.88. The lowest BCUT2D eigenvalue weighted by atomic mass is 10.0. The molecule has 0 aromatic heterocycles. The molecule has 1 N–H and O–H groups in total. The van der Waals surface area contributed by atoms with E-state index >= 15 is 0 Å². The topological polar surface area (TPSA) is 29.1 Å². The van der Waals surface area contributed by atoms with Crippen molar-refractivity contribution in [3.8, 4) is 0 Å². The van der Waals surface area contributed by atoms with Crippen LogP contribution in [-0.2, 0) is 4.79 Å². The number of amides is 1. The number of aryl methyl sites for hydroxylation is 3. The average molecular weight is 283 g/mol. The third-order valence-electron chi connectivity index (χ3n) is 4.97. The number of nitrogens with one attached hydrogen (secondary N) is 1. The van der Waals surface area contributed by atoms with Gasteiger partial charge in [-0.3, -0.25) is 4.79 Å². The zero-order chi connectivity index (χ0) is 15.0. The molecule has 0 bridgehead atoms. The highest BCUT2D eigenvalue weighted by Crippen LogP contribution is 2.52. The van der Waals surface area contributed by atoms with Crippen molar-refractivity contribution in [3.63, 3.8) is 0 Å². The maximum atomic E-state index is 12.6. The molecule has 0 aliphatic heterocycles. The van der Waals surface area contributed by atoms with Crippen molar-refractivity contribution in [3.05, 3.63) is 41.0 Å². The van der Waals surface area contributed by atoms with Crippen LogP contribution < -0.4 is 5.32 Å². The summed E-state index contributed by atoms with van der Waals surface area (Å²) in [5, 5.41) is 3.19. The first-order chi connectivity index (χ1) is 10.1. The molecule has 3 rings (SSSR count). The summed E-state index contributed by atoms with van der Waals surface area (Å²) in [6, 6.07) is 4.27. The van der Waals surface area contributed by atoms with Crippen LogP contribution in [0, 0.1) is 38.5 Å². The van der Waals surface area contributed by atoms with Gasteiger partial charge < -0.3 is 5.32 Å². The minimum Gasteiger partial charge on any atom is -0.325 e. The van der Waals surface area contributed by atoms with Crippen molar-refractivity contribution in [2.24, 2.45) is 17.8 Å². The molecule has 2 aliphatic rings. The van der Waals surface area contributed by atoms with Gasteiger partial charge in [0, 0.05) is 11.6 Å². The molecule has 1 aromatic carbocycles. The van der Waals surface area contributed by atoms with Crippen molar-refractivity contribution < 1.29 is 4.79 Å². The Morgan fingerprint density at radius 3 is 2.57 bits per heavy atom. The predicted octanol–water partition coefficient (Wildman–Crippen LogP) is 4.54. The average Bonchev–Trinajstić information content (AvgIpc) is 3.05. The van der Waals surface area contributed by atoms with Crippen LogP contribution >= 0.6 is 0 Å². The molecule has 3 atom stereocenters. The van der Waals surface area contributed by atoms with Crippen LogP contribution in [-0.4, -0.2) is 5.91 Å². The molecule has 1 saturated carbocycles. The molecule has 112 valence electrons. The second kappa shape index (κ2) is 5.67. The van der Waals surface area contributed by atoms with Gasteiger partial charge in [0.15, 0.2) is 0 Å². The Kier molecular flexibility index (Phi) is 3.88. The van der Waals surface area contributed by atoms with E-state index in [1.807, 2.05) is 0 Å². The molecule has 0 radical (unpaired) electrons. The first-order valence-electron chi connectivity index (χ1n) is 8.13. The number of hydrogen-bond acceptors (Lipinski definition) is 1. The van der Waals surface area contributed by atoms with Gasteiger partial charge in [-0.2, -0.15) is 0 Å². The van der Waals surface area contributed by atoms with E-state index in [0.717, 1.165) is 16.8 Å². The minimum absolute atomic E-state index is 0.194. The van der Waals surface area contributed by atoms with Crippen molar-refractivity contribution in [2.45, 2.75) is 46.5 Å². The van der Waals surface area contributed by atoms with Gasteiger partial charge in [0.05, 0.1) is 0 Å². The van der Waals surface area contributed by atoms with E-state index < -0.39 is 0 Å². The van der Waals surface area contributed by atoms with Gasteiger partial charge in [0.1, 0.15) is 0 Å². The molecule has 0 unspecified atom stereocenters. The van der Waals surface area contributed by atoms with Crippen LogP contribution in [0.15, 0.2) is 24.3 Å². The molecule has 2 aliphatic carbocycles. The lowest BCUT2D eigenvalue weighted by molar-refractivity contribution is -0.117. The highest BCUT2D eigenvalue weighted by Gasteiger charge is 2.52. The Bertz CT molecular complexity index is 564. The quantitative estimate of drug-likeness (QED) is 0.793. The van der Waals surface area contributed by atoms with Gasteiger partial charge in [-0.05, 0) is 63.0 Å². The molecule has 2 heteroatoms. The Hall–Kier alpha value is -1.57.